The Morgan fingerprint density at radius 3 is 3.11 bits per heavy atom. The molecule has 0 radical (unpaired) electrons. The van der Waals surface area contributed by atoms with E-state index in [0.29, 0.717) is 6.61 Å². The number of anilines is 1. The van der Waals surface area contributed by atoms with Gasteiger partial charge >= 0.3 is 0 Å². The largest absolute Gasteiger partial charge is 0.490 e. The van der Waals surface area contributed by atoms with Crippen molar-refractivity contribution < 1.29 is 4.74 Å². The topological polar surface area (TPSA) is 64.9 Å². The number of nitrogens with one attached hydrogen (secondary N) is 1. The maximum atomic E-state index is 5.61. The number of nitrogens with zero attached hydrogens (tertiary/aromatic N) is 4. The molecule has 0 unspecified atom stereocenters. The van der Waals surface area contributed by atoms with E-state index in [1.165, 1.54) is 0 Å². The van der Waals surface area contributed by atoms with Gasteiger partial charge in [-0.3, -0.25) is 4.68 Å². The fourth-order valence-electron chi connectivity index (χ4n) is 1.49. The van der Waals surface area contributed by atoms with Crippen LogP contribution in [0.25, 0.3) is 0 Å². The summed E-state index contributed by atoms with van der Waals surface area (Å²) in [4.78, 5) is 4.27. The van der Waals surface area contributed by atoms with Crippen LogP contribution in [0, 0.1) is 0 Å². The molecular formula is C12H17N5O. The third-order valence-corrected chi connectivity index (χ3v) is 2.34. The molecule has 0 aliphatic carbocycles. The molecule has 2 heterocycles. The van der Waals surface area contributed by atoms with Crippen LogP contribution < -0.4 is 10.1 Å². The summed E-state index contributed by atoms with van der Waals surface area (Å²) in [5.41, 5.74) is 0. The van der Waals surface area contributed by atoms with Crippen molar-refractivity contribution in [1.82, 2.24) is 20.0 Å². The lowest BCUT2D eigenvalue weighted by Crippen LogP contribution is -2.12. The van der Waals surface area contributed by atoms with E-state index in [4.69, 9.17) is 4.74 Å². The van der Waals surface area contributed by atoms with Crippen LogP contribution in [0.4, 0.5) is 5.82 Å². The molecule has 0 atom stereocenters. The Bertz CT molecular complexity index is 457. The molecule has 2 rings (SSSR count). The van der Waals surface area contributed by atoms with Gasteiger partial charge in [-0.2, -0.15) is 0 Å². The Labute approximate surface area is 106 Å². The van der Waals surface area contributed by atoms with Crippen LogP contribution in [-0.4, -0.2) is 33.1 Å². The second kappa shape index (κ2) is 6.58. The monoisotopic (exact) mass is 247 g/mol. The molecule has 0 aliphatic rings. The lowest BCUT2D eigenvalue weighted by Gasteiger charge is -2.11. The van der Waals surface area contributed by atoms with Gasteiger partial charge < -0.3 is 10.1 Å². The van der Waals surface area contributed by atoms with E-state index in [1.54, 1.807) is 17.1 Å². The highest BCUT2D eigenvalue weighted by Gasteiger charge is 2.03. The summed E-state index contributed by atoms with van der Waals surface area (Å²) in [5.74, 6) is 1.56. The number of rotatable bonds is 7. The highest BCUT2D eigenvalue weighted by Crippen LogP contribution is 2.20. The summed E-state index contributed by atoms with van der Waals surface area (Å²) < 4.78 is 7.38. The van der Waals surface area contributed by atoms with Gasteiger partial charge in [0.15, 0.2) is 11.6 Å². The molecule has 0 bridgehead atoms. The Hall–Kier alpha value is -2.11. The number of aromatic nitrogens is 4. The highest BCUT2D eigenvalue weighted by atomic mass is 16.5. The van der Waals surface area contributed by atoms with Crippen LogP contribution in [0.5, 0.6) is 5.75 Å². The molecule has 18 heavy (non-hydrogen) atoms. The third kappa shape index (κ3) is 3.44. The van der Waals surface area contributed by atoms with Gasteiger partial charge in [-0.15, -0.1) is 5.10 Å². The number of hydrogen-bond donors (Lipinski definition) is 1. The van der Waals surface area contributed by atoms with E-state index in [2.05, 4.69) is 27.5 Å². The van der Waals surface area contributed by atoms with Crippen molar-refractivity contribution in [2.24, 2.45) is 0 Å². The van der Waals surface area contributed by atoms with E-state index in [9.17, 15) is 0 Å². The Balaban J connectivity index is 1.87. The molecule has 96 valence electrons. The Morgan fingerprint density at radius 1 is 1.39 bits per heavy atom. The van der Waals surface area contributed by atoms with Crippen LogP contribution in [-0.2, 0) is 6.54 Å². The zero-order chi connectivity index (χ0) is 12.6. The van der Waals surface area contributed by atoms with Gasteiger partial charge in [0.25, 0.3) is 0 Å². The second-order valence-corrected chi connectivity index (χ2v) is 3.79. The molecule has 0 amide bonds. The summed E-state index contributed by atoms with van der Waals surface area (Å²) >= 11 is 0. The normalized spacial score (nSPS) is 10.3. The summed E-state index contributed by atoms with van der Waals surface area (Å²) in [5, 5.41) is 10.9. The highest BCUT2D eigenvalue weighted by molar-refractivity contribution is 5.49. The van der Waals surface area contributed by atoms with Crippen molar-refractivity contribution >= 4 is 5.82 Å². The van der Waals surface area contributed by atoms with Gasteiger partial charge in [0.1, 0.15) is 0 Å². The predicted octanol–water partition coefficient (Wildman–Crippen LogP) is 1.57. The van der Waals surface area contributed by atoms with Gasteiger partial charge in [-0.05, 0) is 18.6 Å². The van der Waals surface area contributed by atoms with Gasteiger partial charge in [0.2, 0.25) is 0 Å². The molecule has 2 aromatic heterocycles. The summed E-state index contributed by atoms with van der Waals surface area (Å²) in [6, 6.07) is 3.79. The molecule has 1 N–H and O–H groups in total. The van der Waals surface area contributed by atoms with E-state index in [0.717, 1.165) is 31.1 Å². The lowest BCUT2D eigenvalue weighted by molar-refractivity contribution is 0.317. The first-order valence-electron chi connectivity index (χ1n) is 6.06. The molecule has 0 aromatic carbocycles. The molecule has 2 aromatic rings. The zero-order valence-corrected chi connectivity index (χ0v) is 10.4. The van der Waals surface area contributed by atoms with Crippen molar-refractivity contribution in [3.8, 4) is 5.75 Å². The maximum absolute atomic E-state index is 5.61. The molecule has 0 aliphatic heterocycles. The summed E-state index contributed by atoms with van der Waals surface area (Å²) in [7, 11) is 0. The number of ether oxygens (including phenoxy) is 1. The molecule has 6 nitrogen and oxygen atoms in total. The van der Waals surface area contributed by atoms with Crippen molar-refractivity contribution in [1.29, 1.82) is 0 Å². The average Bonchev–Trinajstić information content (AvgIpc) is 2.91. The number of hydrogen-bond acceptors (Lipinski definition) is 5. The van der Waals surface area contributed by atoms with Gasteiger partial charge in [-0.1, -0.05) is 12.1 Å². The maximum Gasteiger partial charge on any atom is 0.168 e. The summed E-state index contributed by atoms with van der Waals surface area (Å²) in [6.45, 7) is 4.24. The first-order chi connectivity index (χ1) is 8.90. The Morgan fingerprint density at radius 2 is 2.33 bits per heavy atom. The fourth-order valence-corrected chi connectivity index (χ4v) is 1.49. The standard InChI is InChI=1S/C12H17N5O/c1-2-10-18-11-4-3-5-13-12(11)14-6-8-17-9-7-15-16-17/h3-5,7,9H,2,6,8,10H2,1H3,(H,13,14). The molecule has 0 saturated carbocycles. The smallest absolute Gasteiger partial charge is 0.168 e. The van der Waals surface area contributed by atoms with Gasteiger partial charge in [-0.25, -0.2) is 4.98 Å². The third-order valence-electron chi connectivity index (χ3n) is 2.34. The van der Waals surface area contributed by atoms with Crippen molar-refractivity contribution in [3.05, 3.63) is 30.7 Å². The van der Waals surface area contributed by atoms with E-state index >= 15 is 0 Å². The minimum Gasteiger partial charge on any atom is -0.490 e. The first-order valence-corrected chi connectivity index (χ1v) is 6.06. The van der Waals surface area contributed by atoms with Crippen LogP contribution in [0.3, 0.4) is 0 Å². The quantitative estimate of drug-likeness (QED) is 0.804. The molecular weight excluding hydrogens is 230 g/mol. The van der Waals surface area contributed by atoms with E-state index in [-0.39, 0.29) is 0 Å². The molecule has 0 spiro atoms. The van der Waals surface area contributed by atoms with Gasteiger partial charge in [0.05, 0.1) is 19.3 Å². The van der Waals surface area contributed by atoms with Crippen molar-refractivity contribution in [2.75, 3.05) is 18.5 Å². The summed E-state index contributed by atoms with van der Waals surface area (Å²) in [6.07, 6.45) is 6.22. The SMILES string of the molecule is CCCOc1cccnc1NCCn1ccnn1. The molecule has 0 fully saturated rings. The van der Waals surface area contributed by atoms with Crippen LogP contribution in [0.1, 0.15) is 13.3 Å². The van der Waals surface area contributed by atoms with Crippen LogP contribution in [0.2, 0.25) is 0 Å². The predicted molar refractivity (Wildman–Crippen MR) is 68.5 cm³/mol. The molecule has 6 heteroatoms. The fraction of sp³-hybridized carbons (Fsp3) is 0.417. The van der Waals surface area contributed by atoms with Gasteiger partial charge in [0, 0.05) is 18.9 Å². The lowest BCUT2D eigenvalue weighted by atomic mass is 10.4. The number of pyridine rings is 1. The Kier molecular flexibility index (Phi) is 4.52. The second-order valence-electron chi connectivity index (χ2n) is 3.79. The minimum atomic E-state index is 0.698. The van der Waals surface area contributed by atoms with Crippen LogP contribution in [0.15, 0.2) is 30.7 Å². The van der Waals surface area contributed by atoms with E-state index < -0.39 is 0 Å². The van der Waals surface area contributed by atoms with Crippen LogP contribution >= 0.6 is 0 Å². The van der Waals surface area contributed by atoms with Crippen molar-refractivity contribution in [3.63, 3.8) is 0 Å². The van der Waals surface area contributed by atoms with Crippen molar-refractivity contribution in [2.45, 2.75) is 19.9 Å². The zero-order valence-electron chi connectivity index (χ0n) is 10.4. The van der Waals surface area contributed by atoms with E-state index in [1.807, 2.05) is 18.3 Å². The minimum absolute atomic E-state index is 0.698. The first kappa shape index (κ1) is 12.3. The average molecular weight is 247 g/mol. The molecule has 0 saturated heterocycles.